The second-order valence-corrected chi connectivity index (χ2v) is 13.2. The second-order valence-electron chi connectivity index (χ2n) is 12.7. The van der Waals surface area contributed by atoms with Crippen molar-refractivity contribution >= 4 is 29.2 Å². The van der Waals surface area contributed by atoms with E-state index in [4.69, 9.17) is 16.1 Å². The molecule has 3 aliphatic heterocycles. The maximum absolute atomic E-state index is 13.9. The fraction of sp³-hybridized carbons (Fsp3) is 0.656. The zero-order valence-electron chi connectivity index (χ0n) is 25.2. The van der Waals surface area contributed by atoms with E-state index in [1.165, 1.54) is 0 Å². The quantitative estimate of drug-likeness (QED) is 0.434. The van der Waals surface area contributed by atoms with Crippen LogP contribution in [-0.2, 0) is 9.59 Å². The normalized spacial score (nSPS) is 22.5. The lowest BCUT2D eigenvalue weighted by Crippen LogP contribution is -2.48. The number of nitrogens with zero attached hydrogens (tertiary/aromatic N) is 4. The number of aliphatic hydroxyl groups excluding tert-OH is 1. The number of likely N-dealkylation sites (tertiary alicyclic amines) is 2. The van der Waals surface area contributed by atoms with E-state index in [0.29, 0.717) is 29.7 Å². The molecule has 0 aliphatic carbocycles. The number of carbonyl (C=O) groups is 2. The third-order valence-corrected chi connectivity index (χ3v) is 9.59. The van der Waals surface area contributed by atoms with E-state index in [2.05, 4.69) is 20.3 Å². The number of halogens is 1. The van der Waals surface area contributed by atoms with Crippen LogP contribution in [0.3, 0.4) is 0 Å². The summed E-state index contributed by atoms with van der Waals surface area (Å²) in [5.74, 6) is 1.29. The molecule has 5 rings (SSSR count). The minimum atomic E-state index is -0.502. The highest BCUT2D eigenvalue weighted by molar-refractivity contribution is 6.30. The number of hydrogen-bond acceptors (Lipinski definition) is 7. The standard InChI is InChI=1S/C32H46ClN5O4/c1-21(2)30(32(41)38-14-4-5-27(38)31(40)34-22(3)24-6-8-25(33)9-7-24)28-19-29(35-42-28)37-17-10-23(11-18-37)20-36-15-12-26(39)13-16-36/h6-9,19,21-23,26-27,30,39H,4-5,10-18,20H2,1-3H3,(H,34,40). The van der Waals surface area contributed by atoms with Gasteiger partial charge in [-0.2, -0.15) is 0 Å². The summed E-state index contributed by atoms with van der Waals surface area (Å²) in [5.41, 5.74) is 0.966. The zero-order chi connectivity index (χ0) is 29.8. The first-order chi connectivity index (χ1) is 20.2. The van der Waals surface area contributed by atoms with Gasteiger partial charge >= 0.3 is 0 Å². The highest BCUT2D eigenvalue weighted by Gasteiger charge is 2.40. The third kappa shape index (κ3) is 7.29. The van der Waals surface area contributed by atoms with Crippen molar-refractivity contribution in [1.82, 2.24) is 20.3 Å². The van der Waals surface area contributed by atoms with Crippen LogP contribution in [0.1, 0.15) is 82.6 Å². The molecule has 230 valence electrons. The van der Waals surface area contributed by atoms with Crippen molar-refractivity contribution in [3.63, 3.8) is 0 Å². The largest absolute Gasteiger partial charge is 0.393 e. The van der Waals surface area contributed by atoms with Gasteiger partial charge < -0.3 is 29.6 Å². The Labute approximate surface area is 254 Å². The van der Waals surface area contributed by atoms with Gasteiger partial charge in [-0.3, -0.25) is 9.59 Å². The number of amides is 2. The summed E-state index contributed by atoms with van der Waals surface area (Å²) in [5, 5.41) is 17.9. The molecule has 0 spiro atoms. The Bertz CT molecular complexity index is 1190. The van der Waals surface area contributed by atoms with Crippen LogP contribution in [0.25, 0.3) is 0 Å². The molecular weight excluding hydrogens is 554 g/mol. The number of piperidine rings is 2. The van der Waals surface area contributed by atoms with Crippen molar-refractivity contribution in [2.45, 2.75) is 83.4 Å². The number of aromatic nitrogens is 1. The Morgan fingerprint density at radius 3 is 2.38 bits per heavy atom. The van der Waals surface area contributed by atoms with Gasteiger partial charge in [-0.15, -0.1) is 0 Å². The van der Waals surface area contributed by atoms with E-state index in [9.17, 15) is 14.7 Å². The van der Waals surface area contributed by atoms with E-state index in [1.54, 1.807) is 4.90 Å². The number of rotatable bonds is 9. The van der Waals surface area contributed by atoms with E-state index >= 15 is 0 Å². The minimum absolute atomic E-state index is 0.00982. The summed E-state index contributed by atoms with van der Waals surface area (Å²) >= 11 is 6.02. The predicted octanol–water partition coefficient (Wildman–Crippen LogP) is 4.61. The Morgan fingerprint density at radius 1 is 1.02 bits per heavy atom. The molecule has 1 aromatic carbocycles. The fourth-order valence-electron chi connectivity index (χ4n) is 6.75. The monoisotopic (exact) mass is 599 g/mol. The highest BCUT2D eigenvalue weighted by atomic mass is 35.5. The summed E-state index contributed by atoms with van der Waals surface area (Å²) in [6, 6.07) is 8.68. The van der Waals surface area contributed by atoms with Crippen LogP contribution in [0.2, 0.25) is 5.02 Å². The van der Waals surface area contributed by atoms with Crippen molar-refractivity contribution in [1.29, 1.82) is 0 Å². The van der Waals surface area contributed by atoms with Crippen LogP contribution < -0.4 is 10.2 Å². The molecule has 10 heteroatoms. The van der Waals surface area contributed by atoms with Crippen molar-refractivity contribution in [3.8, 4) is 0 Å². The number of carbonyl (C=O) groups excluding carboxylic acids is 2. The molecule has 3 atom stereocenters. The SMILES string of the molecule is CC(NC(=O)C1CCCN1C(=O)C(c1cc(N2CCC(CN3CCC(O)CC3)CC2)no1)C(C)C)c1ccc(Cl)cc1. The molecule has 3 aliphatic rings. The van der Waals surface area contributed by atoms with Gasteiger partial charge in [0.2, 0.25) is 11.8 Å². The highest BCUT2D eigenvalue weighted by Crippen LogP contribution is 2.34. The van der Waals surface area contributed by atoms with Crippen molar-refractivity contribution < 1.29 is 19.2 Å². The van der Waals surface area contributed by atoms with Crippen LogP contribution >= 0.6 is 11.6 Å². The summed E-state index contributed by atoms with van der Waals surface area (Å²) in [6.45, 7) is 11.4. The lowest BCUT2D eigenvalue weighted by Gasteiger charge is -2.36. The Balaban J connectivity index is 1.18. The molecule has 0 radical (unpaired) electrons. The average molecular weight is 600 g/mol. The number of hydrogen-bond donors (Lipinski definition) is 2. The van der Waals surface area contributed by atoms with E-state index in [0.717, 1.165) is 76.2 Å². The van der Waals surface area contributed by atoms with Crippen LogP contribution in [0, 0.1) is 11.8 Å². The van der Waals surface area contributed by atoms with Gasteiger partial charge in [0.25, 0.3) is 0 Å². The molecule has 4 heterocycles. The number of benzene rings is 1. The molecule has 3 fully saturated rings. The minimum Gasteiger partial charge on any atom is -0.393 e. The molecule has 0 bridgehead atoms. The van der Waals surface area contributed by atoms with E-state index < -0.39 is 12.0 Å². The van der Waals surface area contributed by atoms with Crippen LogP contribution in [0.4, 0.5) is 5.82 Å². The Hall–Kier alpha value is -2.62. The first-order valence-corrected chi connectivity index (χ1v) is 16.1. The molecule has 0 saturated carbocycles. The van der Waals surface area contributed by atoms with E-state index in [1.807, 2.05) is 51.1 Å². The summed E-state index contributed by atoms with van der Waals surface area (Å²) in [7, 11) is 0. The molecular formula is C32H46ClN5O4. The van der Waals surface area contributed by atoms with Crippen LogP contribution in [0.15, 0.2) is 34.9 Å². The number of aliphatic hydroxyl groups is 1. The topological polar surface area (TPSA) is 102 Å². The lowest BCUT2D eigenvalue weighted by molar-refractivity contribution is -0.141. The maximum atomic E-state index is 13.9. The number of nitrogens with one attached hydrogen (secondary N) is 1. The molecule has 1 aromatic heterocycles. The van der Waals surface area contributed by atoms with Crippen molar-refractivity contribution in [2.24, 2.45) is 11.8 Å². The van der Waals surface area contributed by atoms with Gasteiger partial charge in [-0.05, 0) is 75.0 Å². The average Bonchev–Trinajstić information content (AvgIpc) is 3.66. The molecule has 9 nitrogen and oxygen atoms in total. The third-order valence-electron chi connectivity index (χ3n) is 9.33. The van der Waals surface area contributed by atoms with Gasteiger partial charge in [-0.1, -0.05) is 42.7 Å². The molecule has 2 N–H and O–H groups in total. The molecule has 42 heavy (non-hydrogen) atoms. The van der Waals surface area contributed by atoms with Gasteiger partial charge in [0.1, 0.15) is 12.0 Å². The van der Waals surface area contributed by atoms with Gasteiger partial charge in [0.05, 0.1) is 12.1 Å². The van der Waals surface area contributed by atoms with Crippen LogP contribution in [0.5, 0.6) is 0 Å². The van der Waals surface area contributed by atoms with Gasteiger partial charge in [-0.25, -0.2) is 0 Å². The summed E-state index contributed by atoms with van der Waals surface area (Å²) in [4.78, 5) is 33.8. The lowest BCUT2D eigenvalue weighted by atomic mass is 9.91. The van der Waals surface area contributed by atoms with Crippen LogP contribution in [-0.4, -0.2) is 83.3 Å². The molecule has 3 unspecified atom stereocenters. The number of anilines is 1. The Morgan fingerprint density at radius 2 is 1.71 bits per heavy atom. The molecule has 2 aromatic rings. The second kappa shape index (κ2) is 13.8. The van der Waals surface area contributed by atoms with Gasteiger partial charge in [0, 0.05) is 50.4 Å². The molecule has 3 saturated heterocycles. The fourth-order valence-corrected chi connectivity index (χ4v) is 6.87. The Kier molecular flexibility index (Phi) is 10.1. The maximum Gasteiger partial charge on any atom is 0.243 e. The first-order valence-electron chi connectivity index (χ1n) is 15.7. The van der Waals surface area contributed by atoms with Crippen molar-refractivity contribution in [2.75, 3.05) is 44.2 Å². The first kappa shape index (κ1) is 30.8. The van der Waals surface area contributed by atoms with E-state index in [-0.39, 0.29) is 29.9 Å². The van der Waals surface area contributed by atoms with Gasteiger partial charge in [0.15, 0.2) is 11.6 Å². The zero-order valence-corrected chi connectivity index (χ0v) is 25.9. The smallest absolute Gasteiger partial charge is 0.243 e. The summed E-state index contributed by atoms with van der Waals surface area (Å²) in [6.07, 6.45) is 5.23. The summed E-state index contributed by atoms with van der Waals surface area (Å²) < 4.78 is 5.83. The van der Waals surface area contributed by atoms with Crippen molar-refractivity contribution in [3.05, 3.63) is 46.7 Å². The predicted molar refractivity (Wildman–Crippen MR) is 163 cm³/mol. The molecule has 2 amide bonds.